The highest BCUT2D eigenvalue weighted by atomic mass is 16.6. The fraction of sp³-hybridized carbons (Fsp3) is 0.176. The molecule has 0 aromatic heterocycles. The lowest BCUT2D eigenvalue weighted by molar-refractivity contribution is -0.385. The third kappa shape index (κ3) is 3.42. The molecule has 0 radical (unpaired) electrons. The van der Waals surface area contributed by atoms with E-state index in [0.29, 0.717) is 5.56 Å². The number of nitro benzene ring substituents is 1. The van der Waals surface area contributed by atoms with Crippen LogP contribution < -0.4 is 14.2 Å². The van der Waals surface area contributed by atoms with Crippen LogP contribution in [0.15, 0.2) is 36.4 Å². The number of ketones is 1. The summed E-state index contributed by atoms with van der Waals surface area (Å²) in [5.41, 5.74) is -0.218. The standard InChI is InChI=1S/C17H13NO7/c1-10(19)11-2-4-12(5-3-11)25-17(20)13-8-15-16(24-7-6-23-15)9-14(13)18(21)22/h2-5,8-9H,6-7H2,1H3. The van der Waals surface area contributed by atoms with Crippen molar-refractivity contribution < 1.29 is 28.7 Å². The summed E-state index contributed by atoms with van der Waals surface area (Å²) in [6, 6.07) is 8.27. The monoisotopic (exact) mass is 343 g/mol. The van der Waals surface area contributed by atoms with Gasteiger partial charge in [0.2, 0.25) is 0 Å². The summed E-state index contributed by atoms with van der Waals surface area (Å²) in [6.07, 6.45) is 0. The molecular formula is C17H13NO7. The van der Waals surface area contributed by atoms with Crippen molar-refractivity contribution in [1.29, 1.82) is 0 Å². The zero-order valence-corrected chi connectivity index (χ0v) is 13.2. The molecule has 1 heterocycles. The first-order valence-corrected chi connectivity index (χ1v) is 7.37. The molecule has 0 fully saturated rings. The molecule has 128 valence electrons. The number of rotatable bonds is 4. The predicted octanol–water partition coefficient (Wildman–Crippen LogP) is 2.79. The average molecular weight is 343 g/mol. The number of nitro groups is 1. The van der Waals surface area contributed by atoms with E-state index in [4.69, 9.17) is 14.2 Å². The molecule has 0 spiro atoms. The van der Waals surface area contributed by atoms with Crippen molar-refractivity contribution in [1.82, 2.24) is 0 Å². The van der Waals surface area contributed by atoms with E-state index in [2.05, 4.69) is 0 Å². The molecule has 0 saturated heterocycles. The summed E-state index contributed by atoms with van der Waals surface area (Å²) in [5, 5.41) is 11.2. The summed E-state index contributed by atoms with van der Waals surface area (Å²) >= 11 is 0. The second-order valence-corrected chi connectivity index (χ2v) is 5.24. The van der Waals surface area contributed by atoms with Gasteiger partial charge in [0.05, 0.1) is 11.0 Å². The predicted molar refractivity (Wildman–Crippen MR) is 85.5 cm³/mol. The van der Waals surface area contributed by atoms with Gasteiger partial charge in [0.25, 0.3) is 5.69 Å². The van der Waals surface area contributed by atoms with E-state index in [1.807, 2.05) is 0 Å². The van der Waals surface area contributed by atoms with Gasteiger partial charge in [-0.25, -0.2) is 4.79 Å². The van der Waals surface area contributed by atoms with Gasteiger partial charge in [0, 0.05) is 11.6 Å². The Kier molecular flexibility index (Phi) is 4.34. The molecular weight excluding hydrogens is 330 g/mol. The Labute approximate surface area is 142 Å². The van der Waals surface area contributed by atoms with Crippen molar-refractivity contribution in [3.05, 3.63) is 57.6 Å². The number of benzene rings is 2. The summed E-state index contributed by atoms with van der Waals surface area (Å²) < 4.78 is 15.8. The van der Waals surface area contributed by atoms with E-state index < -0.39 is 16.6 Å². The van der Waals surface area contributed by atoms with Gasteiger partial charge in [-0.1, -0.05) is 0 Å². The highest BCUT2D eigenvalue weighted by Crippen LogP contribution is 2.37. The Morgan fingerprint density at radius 3 is 2.24 bits per heavy atom. The number of carbonyl (C=O) groups excluding carboxylic acids is 2. The van der Waals surface area contributed by atoms with E-state index in [0.717, 1.165) is 6.07 Å². The molecule has 0 N–H and O–H groups in total. The van der Waals surface area contributed by atoms with Gasteiger partial charge in [-0.2, -0.15) is 0 Å². The zero-order chi connectivity index (χ0) is 18.0. The van der Waals surface area contributed by atoms with Crippen LogP contribution in [-0.4, -0.2) is 29.9 Å². The molecule has 0 amide bonds. The topological polar surface area (TPSA) is 105 Å². The van der Waals surface area contributed by atoms with Gasteiger partial charge >= 0.3 is 5.97 Å². The Bertz CT molecular complexity index is 858. The van der Waals surface area contributed by atoms with E-state index in [9.17, 15) is 19.7 Å². The molecule has 0 bridgehead atoms. The van der Waals surface area contributed by atoms with E-state index in [1.165, 1.54) is 37.3 Å². The Morgan fingerprint density at radius 1 is 1.08 bits per heavy atom. The minimum atomic E-state index is -0.903. The van der Waals surface area contributed by atoms with Crippen LogP contribution in [0.5, 0.6) is 17.2 Å². The molecule has 8 heteroatoms. The molecule has 3 rings (SSSR count). The number of hydrogen-bond donors (Lipinski definition) is 0. The SMILES string of the molecule is CC(=O)c1ccc(OC(=O)c2cc3c(cc2[N+](=O)[O-])OCCO3)cc1. The molecule has 25 heavy (non-hydrogen) atoms. The summed E-state index contributed by atoms with van der Waals surface area (Å²) in [4.78, 5) is 34.2. The molecule has 1 aliphatic heterocycles. The largest absolute Gasteiger partial charge is 0.486 e. The number of fused-ring (bicyclic) bond motifs is 1. The normalized spacial score (nSPS) is 12.4. The van der Waals surface area contributed by atoms with Crippen LogP contribution in [0.4, 0.5) is 5.69 Å². The van der Waals surface area contributed by atoms with Crippen molar-refractivity contribution in [2.45, 2.75) is 6.92 Å². The van der Waals surface area contributed by atoms with Crippen LogP contribution >= 0.6 is 0 Å². The van der Waals surface area contributed by atoms with Crippen LogP contribution in [0.2, 0.25) is 0 Å². The molecule has 0 atom stereocenters. The van der Waals surface area contributed by atoms with Crippen LogP contribution in [-0.2, 0) is 0 Å². The Balaban J connectivity index is 1.90. The molecule has 2 aromatic carbocycles. The quantitative estimate of drug-likeness (QED) is 0.276. The van der Waals surface area contributed by atoms with Crippen molar-refractivity contribution in [2.24, 2.45) is 0 Å². The smallest absolute Gasteiger partial charge is 0.350 e. The lowest BCUT2D eigenvalue weighted by Gasteiger charge is -2.18. The van der Waals surface area contributed by atoms with Gasteiger partial charge in [-0.15, -0.1) is 0 Å². The first-order chi connectivity index (χ1) is 12.0. The van der Waals surface area contributed by atoms with Crippen molar-refractivity contribution in [2.75, 3.05) is 13.2 Å². The number of carbonyl (C=O) groups is 2. The maximum atomic E-state index is 12.4. The van der Waals surface area contributed by atoms with Gasteiger partial charge in [0.1, 0.15) is 24.5 Å². The number of hydrogen-bond acceptors (Lipinski definition) is 7. The maximum Gasteiger partial charge on any atom is 0.350 e. The lowest BCUT2D eigenvalue weighted by Crippen LogP contribution is -2.18. The molecule has 1 aliphatic rings. The minimum Gasteiger partial charge on any atom is -0.486 e. The number of ether oxygens (including phenoxy) is 3. The average Bonchev–Trinajstić information content (AvgIpc) is 2.61. The highest BCUT2D eigenvalue weighted by Gasteiger charge is 2.27. The molecule has 0 aliphatic carbocycles. The molecule has 0 unspecified atom stereocenters. The van der Waals surface area contributed by atoms with Crippen LogP contribution in [0, 0.1) is 10.1 Å². The molecule has 0 saturated carbocycles. The van der Waals surface area contributed by atoms with Crippen molar-refractivity contribution in [3.8, 4) is 17.2 Å². The van der Waals surface area contributed by atoms with Crippen LogP contribution in [0.3, 0.4) is 0 Å². The molecule has 2 aromatic rings. The van der Waals surface area contributed by atoms with Crippen LogP contribution in [0.1, 0.15) is 27.6 Å². The summed E-state index contributed by atoms with van der Waals surface area (Å²) in [5.74, 6) is -0.408. The minimum absolute atomic E-state index is 0.125. The van der Waals surface area contributed by atoms with E-state index in [1.54, 1.807) is 0 Å². The maximum absolute atomic E-state index is 12.4. The van der Waals surface area contributed by atoms with E-state index >= 15 is 0 Å². The lowest BCUT2D eigenvalue weighted by atomic mass is 10.1. The Morgan fingerprint density at radius 2 is 1.68 bits per heavy atom. The van der Waals surface area contributed by atoms with Crippen molar-refractivity contribution >= 4 is 17.4 Å². The fourth-order valence-electron chi connectivity index (χ4n) is 2.31. The second-order valence-electron chi connectivity index (χ2n) is 5.24. The number of Topliss-reactive ketones (excluding diaryl/α,β-unsaturated/α-hetero) is 1. The first kappa shape index (κ1) is 16.4. The van der Waals surface area contributed by atoms with Crippen LogP contribution in [0.25, 0.3) is 0 Å². The summed E-state index contributed by atoms with van der Waals surface area (Å²) in [6.45, 7) is 1.97. The second kappa shape index (κ2) is 6.60. The first-order valence-electron chi connectivity index (χ1n) is 7.37. The van der Waals surface area contributed by atoms with Crippen molar-refractivity contribution in [3.63, 3.8) is 0 Å². The van der Waals surface area contributed by atoms with Gasteiger partial charge in [0.15, 0.2) is 17.3 Å². The van der Waals surface area contributed by atoms with E-state index in [-0.39, 0.29) is 41.8 Å². The Hall–Kier alpha value is -3.42. The number of nitrogens with zero attached hydrogens (tertiary/aromatic N) is 1. The zero-order valence-electron chi connectivity index (χ0n) is 13.2. The van der Waals surface area contributed by atoms with Gasteiger partial charge in [-0.05, 0) is 31.2 Å². The summed E-state index contributed by atoms with van der Waals surface area (Å²) in [7, 11) is 0. The molecule has 8 nitrogen and oxygen atoms in total. The van der Waals surface area contributed by atoms with Gasteiger partial charge in [-0.3, -0.25) is 14.9 Å². The third-order valence-corrected chi connectivity index (χ3v) is 3.55. The van der Waals surface area contributed by atoms with Gasteiger partial charge < -0.3 is 14.2 Å². The fourth-order valence-corrected chi connectivity index (χ4v) is 2.31. The highest BCUT2D eigenvalue weighted by molar-refractivity contribution is 5.97. The third-order valence-electron chi connectivity index (χ3n) is 3.55. The number of esters is 1.